The largest absolute Gasteiger partial charge is 0.301 e. The molecule has 2 fully saturated rings. The minimum Gasteiger partial charge on any atom is -0.301 e. The van der Waals surface area contributed by atoms with Gasteiger partial charge in [-0.05, 0) is 12.5 Å². The van der Waals surface area contributed by atoms with Gasteiger partial charge in [-0.2, -0.15) is 0 Å². The van der Waals surface area contributed by atoms with Crippen molar-refractivity contribution >= 4 is 0 Å². The molecule has 0 aliphatic carbocycles. The van der Waals surface area contributed by atoms with E-state index in [0.29, 0.717) is 0 Å². The predicted molar refractivity (Wildman–Crippen MR) is 64.2 cm³/mol. The van der Waals surface area contributed by atoms with E-state index in [2.05, 4.69) is 28.5 Å². The summed E-state index contributed by atoms with van der Waals surface area (Å²) in [5, 5.41) is 0. The Labute approximate surface area is 94.0 Å². The normalized spacial score (nSPS) is 26.8. The second-order valence-electron chi connectivity index (χ2n) is 5.14. The summed E-state index contributed by atoms with van der Waals surface area (Å²) in [6, 6.07) is 0. The second-order valence-corrected chi connectivity index (χ2v) is 5.14. The zero-order chi connectivity index (χ0) is 10.7. The summed E-state index contributed by atoms with van der Waals surface area (Å²) in [6.45, 7) is 16.1. The standard InChI is InChI=1S/C12H25N3/c1-3-13-4-6-14(7-5-13)8-9-15-10-12(2)11-15/h12H,3-11H2,1-2H3. The summed E-state index contributed by atoms with van der Waals surface area (Å²) in [6.07, 6.45) is 0. The van der Waals surface area contributed by atoms with Crippen molar-refractivity contribution in [1.29, 1.82) is 0 Å². The highest BCUT2D eigenvalue weighted by atomic mass is 15.3. The van der Waals surface area contributed by atoms with Gasteiger partial charge in [0.2, 0.25) is 0 Å². The van der Waals surface area contributed by atoms with Gasteiger partial charge in [0.1, 0.15) is 0 Å². The fourth-order valence-electron chi connectivity index (χ4n) is 2.62. The van der Waals surface area contributed by atoms with E-state index in [-0.39, 0.29) is 0 Å². The Kier molecular flexibility index (Phi) is 4.00. The molecule has 3 heteroatoms. The minimum atomic E-state index is 0.946. The smallest absolute Gasteiger partial charge is 0.0110 e. The molecular formula is C12H25N3. The van der Waals surface area contributed by atoms with Crippen molar-refractivity contribution in [3.05, 3.63) is 0 Å². The SMILES string of the molecule is CCN1CCN(CCN2CC(C)C2)CC1. The summed E-state index contributed by atoms with van der Waals surface area (Å²) in [4.78, 5) is 7.74. The van der Waals surface area contributed by atoms with Crippen LogP contribution in [0.3, 0.4) is 0 Å². The first-order valence-corrected chi connectivity index (χ1v) is 6.45. The van der Waals surface area contributed by atoms with Crippen LogP contribution in [0.25, 0.3) is 0 Å². The fourth-order valence-corrected chi connectivity index (χ4v) is 2.62. The van der Waals surface area contributed by atoms with Gasteiger partial charge in [0.25, 0.3) is 0 Å². The first kappa shape index (κ1) is 11.4. The van der Waals surface area contributed by atoms with Crippen LogP contribution in [-0.4, -0.2) is 73.6 Å². The third kappa shape index (κ3) is 3.16. The van der Waals surface area contributed by atoms with E-state index in [1.165, 1.54) is 58.9 Å². The van der Waals surface area contributed by atoms with Crippen molar-refractivity contribution in [1.82, 2.24) is 14.7 Å². The predicted octanol–water partition coefficient (Wildman–Crippen LogP) is 0.576. The van der Waals surface area contributed by atoms with Crippen LogP contribution in [0, 0.1) is 5.92 Å². The second kappa shape index (κ2) is 5.28. The fraction of sp³-hybridized carbons (Fsp3) is 1.00. The number of nitrogens with zero attached hydrogens (tertiary/aromatic N) is 3. The number of hydrogen-bond donors (Lipinski definition) is 0. The lowest BCUT2D eigenvalue weighted by atomic mass is 10.0. The third-order valence-electron chi connectivity index (χ3n) is 3.78. The van der Waals surface area contributed by atoms with Crippen LogP contribution < -0.4 is 0 Å². The maximum absolute atomic E-state index is 2.62. The van der Waals surface area contributed by atoms with Crippen molar-refractivity contribution in [3.8, 4) is 0 Å². The maximum atomic E-state index is 2.62. The Bertz CT molecular complexity index is 181. The minimum absolute atomic E-state index is 0.946. The Morgan fingerprint density at radius 2 is 1.40 bits per heavy atom. The molecule has 0 unspecified atom stereocenters. The molecule has 0 radical (unpaired) electrons. The van der Waals surface area contributed by atoms with E-state index in [9.17, 15) is 0 Å². The van der Waals surface area contributed by atoms with Crippen molar-refractivity contribution in [3.63, 3.8) is 0 Å². The van der Waals surface area contributed by atoms with Gasteiger partial charge in [-0.3, -0.25) is 4.90 Å². The van der Waals surface area contributed by atoms with Crippen LogP contribution in [0.15, 0.2) is 0 Å². The van der Waals surface area contributed by atoms with Gasteiger partial charge in [-0.25, -0.2) is 0 Å². The summed E-state index contributed by atoms with van der Waals surface area (Å²) in [7, 11) is 0. The van der Waals surface area contributed by atoms with Crippen molar-refractivity contribution in [2.24, 2.45) is 5.92 Å². The average Bonchev–Trinajstić information content (AvgIpc) is 2.23. The van der Waals surface area contributed by atoms with Gasteiger partial charge >= 0.3 is 0 Å². The molecule has 2 aliphatic heterocycles. The molecule has 0 spiro atoms. The third-order valence-corrected chi connectivity index (χ3v) is 3.78. The van der Waals surface area contributed by atoms with Gasteiger partial charge in [0, 0.05) is 52.4 Å². The van der Waals surface area contributed by atoms with Crippen LogP contribution in [0.4, 0.5) is 0 Å². The molecule has 0 saturated carbocycles. The van der Waals surface area contributed by atoms with E-state index in [0.717, 1.165) is 5.92 Å². The lowest BCUT2D eigenvalue weighted by Gasteiger charge is -2.40. The molecule has 2 saturated heterocycles. The van der Waals surface area contributed by atoms with E-state index in [4.69, 9.17) is 0 Å². The van der Waals surface area contributed by atoms with Crippen molar-refractivity contribution < 1.29 is 0 Å². The van der Waals surface area contributed by atoms with Gasteiger partial charge in [0.15, 0.2) is 0 Å². The molecule has 0 amide bonds. The Morgan fingerprint density at radius 1 is 0.867 bits per heavy atom. The lowest BCUT2D eigenvalue weighted by molar-refractivity contribution is 0.0774. The van der Waals surface area contributed by atoms with Gasteiger partial charge in [-0.1, -0.05) is 13.8 Å². The van der Waals surface area contributed by atoms with Gasteiger partial charge < -0.3 is 9.80 Å². The topological polar surface area (TPSA) is 9.72 Å². The van der Waals surface area contributed by atoms with Crippen molar-refractivity contribution in [2.45, 2.75) is 13.8 Å². The highest BCUT2D eigenvalue weighted by molar-refractivity contribution is 4.78. The molecule has 15 heavy (non-hydrogen) atoms. The quantitative estimate of drug-likeness (QED) is 0.673. The molecule has 0 aromatic carbocycles. The first-order valence-electron chi connectivity index (χ1n) is 6.45. The van der Waals surface area contributed by atoms with E-state index >= 15 is 0 Å². The number of likely N-dealkylation sites (N-methyl/N-ethyl adjacent to an activating group) is 1. The van der Waals surface area contributed by atoms with Crippen LogP contribution in [0.1, 0.15) is 13.8 Å². The summed E-state index contributed by atoms with van der Waals surface area (Å²) < 4.78 is 0. The van der Waals surface area contributed by atoms with Crippen LogP contribution in [0.5, 0.6) is 0 Å². The van der Waals surface area contributed by atoms with Crippen LogP contribution in [-0.2, 0) is 0 Å². The van der Waals surface area contributed by atoms with Crippen molar-refractivity contribution in [2.75, 3.05) is 58.9 Å². The van der Waals surface area contributed by atoms with Gasteiger partial charge in [-0.15, -0.1) is 0 Å². The molecule has 0 N–H and O–H groups in total. The van der Waals surface area contributed by atoms with E-state index in [1.807, 2.05) is 0 Å². The molecular weight excluding hydrogens is 186 g/mol. The molecule has 2 rings (SSSR count). The highest BCUT2D eigenvalue weighted by Gasteiger charge is 2.23. The van der Waals surface area contributed by atoms with E-state index in [1.54, 1.807) is 0 Å². The molecule has 88 valence electrons. The summed E-state index contributed by atoms with van der Waals surface area (Å²) in [5.74, 6) is 0.946. The monoisotopic (exact) mass is 211 g/mol. The molecule has 3 nitrogen and oxygen atoms in total. The number of likely N-dealkylation sites (tertiary alicyclic amines) is 1. The molecule has 0 aromatic heterocycles. The Morgan fingerprint density at radius 3 is 1.93 bits per heavy atom. The number of hydrogen-bond acceptors (Lipinski definition) is 3. The van der Waals surface area contributed by atoms with Crippen LogP contribution in [0.2, 0.25) is 0 Å². The molecule has 0 bridgehead atoms. The van der Waals surface area contributed by atoms with E-state index < -0.39 is 0 Å². The molecule has 0 aromatic rings. The molecule has 0 atom stereocenters. The summed E-state index contributed by atoms with van der Waals surface area (Å²) >= 11 is 0. The zero-order valence-electron chi connectivity index (χ0n) is 10.3. The number of rotatable bonds is 4. The summed E-state index contributed by atoms with van der Waals surface area (Å²) in [5.41, 5.74) is 0. The molecule has 2 heterocycles. The highest BCUT2D eigenvalue weighted by Crippen LogP contribution is 2.13. The van der Waals surface area contributed by atoms with Crippen LogP contribution >= 0.6 is 0 Å². The number of piperazine rings is 1. The first-order chi connectivity index (χ1) is 7.28. The van der Waals surface area contributed by atoms with Gasteiger partial charge in [0.05, 0.1) is 0 Å². The Hall–Kier alpha value is -0.120. The zero-order valence-corrected chi connectivity index (χ0v) is 10.3. The molecule has 2 aliphatic rings. The lowest BCUT2D eigenvalue weighted by Crippen LogP contribution is -2.51. The Balaban J connectivity index is 1.56. The average molecular weight is 211 g/mol. The maximum Gasteiger partial charge on any atom is 0.0110 e.